The zero-order valence-corrected chi connectivity index (χ0v) is 10.2. The van der Waals surface area contributed by atoms with E-state index in [4.69, 9.17) is 20.7 Å². The van der Waals surface area contributed by atoms with Crippen molar-refractivity contribution in [2.75, 3.05) is 5.73 Å². The fourth-order valence-corrected chi connectivity index (χ4v) is 1.57. The smallest absolute Gasteiger partial charge is 0.343 e. The number of rotatable bonds is 3. The van der Waals surface area contributed by atoms with Crippen molar-refractivity contribution in [1.82, 2.24) is 0 Å². The molecule has 0 bridgehead atoms. The number of anilines is 1. The minimum atomic E-state index is -1.17. The van der Waals surface area contributed by atoms with Crippen LogP contribution in [0.4, 0.5) is 5.69 Å². The van der Waals surface area contributed by atoms with Gasteiger partial charge in [0.1, 0.15) is 11.5 Å². The summed E-state index contributed by atoms with van der Waals surface area (Å²) in [7, 11) is 0. The molecule has 0 radical (unpaired) electrons. The number of nitrogens with two attached hydrogens (primary N) is 1. The Bertz CT molecular complexity index is 664. The molecule has 102 valence electrons. The number of phenols is 1. The van der Waals surface area contributed by atoms with Gasteiger partial charge >= 0.3 is 11.9 Å². The fraction of sp³-hybridized carbons (Fsp3) is 0. The predicted octanol–water partition coefficient (Wildman–Crippen LogP) is 1.89. The van der Waals surface area contributed by atoms with E-state index in [2.05, 4.69) is 0 Å². The molecule has 0 spiro atoms. The van der Waals surface area contributed by atoms with Crippen molar-refractivity contribution in [3.05, 3.63) is 53.6 Å². The number of carbonyl (C=O) groups excluding carboxylic acids is 1. The van der Waals surface area contributed by atoms with Crippen LogP contribution in [0.25, 0.3) is 0 Å². The second-order valence-corrected chi connectivity index (χ2v) is 4.03. The van der Waals surface area contributed by atoms with Gasteiger partial charge in [-0.05, 0) is 36.4 Å². The number of carbonyl (C=O) groups is 2. The molecule has 0 heterocycles. The van der Waals surface area contributed by atoms with Crippen LogP contribution in [0.15, 0.2) is 42.5 Å². The third-order valence-corrected chi connectivity index (χ3v) is 2.49. The number of hydrogen-bond donors (Lipinski definition) is 3. The Morgan fingerprint density at radius 2 is 1.65 bits per heavy atom. The molecule has 0 saturated heterocycles. The molecule has 2 rings (SSSR count). The largest absolute Gasteiger partial charge is 0.508 e. The van der Waals surface area contributed by atoms with E-state index in [0.29, 0.717) is 0 Å². The van der Waals surface area contributed by atoms with Crippen LogP contribution < -0.4 is 10.5 Å². The van der Waals surface area contributed by atoms with Crippen LogP contribution in [0, 0.1) is 0 Å². The van der Waals surface area contributed by atoms with Crippen LogP contribution in [0.5, 0.6) is 11.5 Å². The highest BCUT2D eigenvalue weighted by Gasteiger charge is 2.12. The van der Waals surface area contributed by atoms with Crippen molar-refractivity contribution < 1.29 is 24.5 Å². The van der Waals surface area contributed by atoms with Crippen molar-refractivity contribution >= 4 is 17.6 Å². The molecule has 0 aromatic heterocycles. The summed E-state index contributed by atoms with van der Waals surface area (Å²) in [6.07, 6.45) is 0. The molecule has 0 amide bonds. The Balaban J connectivity index is 2.23. The molecule has 0 atom stereocenters. The average molecular weight is 273 g/mol. The molecule has 0 fully saturated rings. The summed E-state index contributed by atoms with van der Waals surface area (Å²) in [6.45, 7) is 0. The van der Waals surface area contributed by atoms with Crippen LogP contribution in [0.1, 0.15) is 20.7 Å². The highest BCUT2D eigenvalue weighted by molar-refractivity contribution is 5.92. The molecule has 6 nitrogen and oxygen atoms in total. The SMILES string of the molecule is Nc1cc(OC(=O)c2ccc(O)cc2)cc(C(=O)O)c1. The lowest BCUT2D eigenvalue weighted by atomic mass is 10.2. The zero-order chi connectivity index (χ0) is 14.7. The maximum Gasteiger partial charge on any atom is 0.343 e. The van der Waals surface area contributed by atoms with Gasteiger partial charge in [-0.1, -0.05) is 0 Å². The highest BCUT2D eigenvalue weighted by atomic mass is 16.5. The summed E-state index contributed by atoms with van der Waals surface area (Å²) < 4.78 is 5.05. The zero-order valence-electron chi connectivity index (χ0n) is 10.2. The lowest BCUT2D eigenvalue weighted by Gasteiger charge is -2.06. The van der Waals surface area contributed by atoms with E-state index in [1.165, 1.54) is 42.5 Å². The third-order valence-electron chi connectivity index (χ3n) is 2.49. The topological polar surface area (TPSA) is 110 Å². The first-order valence-electron chi connectivity index (χ1n) is 5.61. The number of hydrogen-bond acceptors (Lipinski definition) is 5. The van der Waals surface area contributed by atoms with Crippen LogP contribution in [0.3, 0.4) is 0 Å². The van der Waals surface area contributed by atoms with Gasteiger partial charge in [-0.25, -0.2) is 9.59 Å². The van der Waals surface area contributed by atoms with E-state index in [0.717, 1.165) is 0 Å². The number of carboxylic acid groups (broad SMARTS) is 1. The molecule has 0 aliphatic rings. The quantitative estimate of drug-likeness (QED) is 0.447. The van der Waals surface area contributed by atoms with Crippen LogP contribution in [-0.4, -0.2) is 22.2 Å². The Hall–Kier alpha value is -3.02. The van der Waals surface area contributed by atoms with Gasteiger partial charge in [-0.2, -0.15) is 0 Å². The first kappa shape index (κ1) is 13.4. The highest BCUT2D eigenvalue weighted by Crippen LogP contribution is 2.20. The number of ether oxygens (including phenoxy) is 1. The lowest BCUT2D eigenvalue weighted by molar-refractivity contribution is 0.0687. The average Bonchev–Trinajstić information content (AvgIpc) is 2.38. The summed E-state index contributed by atoms with van der Waals surface area (Å²) in [5.74, 6) is -1.77. The fourth-order valence-electron chi connectivity index (χ4n) is 1.57. The lowest BCUT2D eigenvalue weighted by Crippen LogP contribution is -2.09. The number of benzene rings is 2. The van der Waals surface area contributed by atoms with E-state index >= 15 is 0 Å². The van der Waals surface area contributed by atoms with Crippen molar-refractivity contribution in [2.45, 2.75) is 0 Å². The van der Waals surface area contributed by atoms with Gasteiger partial charge in [0.2, 0.25) is 0 Å². The molecular formula is C14H11NO5. The van der Waals surface area contributed by atoms with Gasteiger partial charge in [0.25, 0.3) is 0 Å². The van der Waals surface area contributed by atoms with E-state index in [9.17, 15) is 9.59 Å². The van der Waals surface area contributed by atoms with Crippen molar-refractivity contribution in [3.63, 3.8) is 0 Å². The third kappa shape index (κ3) is 3.05. The first-order chi connectivity index (χ1) is 9.45. The van der Waals surface area contributed by atoms with Gasteiger partial charge < -0.3 is 20.7 Å². The van der Waals surface area contributed by atoms with Gasteiger partial charge in [-0.3, -0.25) is 0 Å². The summed E-state index contributed by atoms with van der Waals surface area (Å²) >= 11 is 0. The summed E-state index contributed by atoms with van der Waals surface area (Å²) in [5.41, 5.74) is 5.88. The van der Waals surface area contributed by atoms with Gasteiger partial charge in [0.15, 0.2) is 0 Å². The van der Waals surface area contributed by atoms with Gasteiger partial charge in [-0.15, -0.1) is 0 Å². The predicted molar refractivity (Wildman–Crippen MR) is 70.9 cm³/mol. The minimum absolute atomic E-state index is 0.0265. The monoisotopic (exact) mass is 273 g/mol. The van der Waals surface area contributed by atoms with E-state index in [1.54, 1.807) is 0 Å². The number of esters is 1. The molecular weight excluding hydrogens is 262 g/mol. The number of aromatic hydroxyl groups is 1. The summed E-state index contributed by atoms with van der Waals surface area (Å²) in [4.78, 5) is 22.7. The van der Waals surface area contributed by atoms with Gasteiger partial charge in [0, 0.05) is 11.8 Å². The second-order valence-electron chi connectivity index (χ2n) is 4.03. The summed E-state index contributed by atoms with van der Waals surface area (Å²) in [5, 5.41) is 18.0. The Morgan fingerprint density at radius 1 is 1.00 bits per heavy atom. The summed E-state index contributed by atoms with van der Waals surface area (Å²) in [6, 6.07) is 9.30. The molecule has 2 aromatic carbocycles. The number of carboxylic acids is 1. The molecule has 20 heavy (non-hydrogen) atoms. The van der Waals surface area contributed by atoms with E-state index < -0.39 is 11.9 Å². The van der Waals surface area contributed by atoms with E-state index in [1.807, 2.05) is 0 Å². The molecule has 4 N–H and O–H groups in total. The molecule has 0 saturated carbocycles. The molecule has 0 aliphatic heterocycles. The maximum absolute atomic E-state index is 11.8. The van der Waals surface area contributed by atoms with Crippen molar-refractivity contribution in [3.8, 4) is 11.5 Å². The number of nitrogen functional groups attached to an aromatic ring is 1. The van der Waals surface area contributed by atoms with Crippen LogP contribution in [0.2, 0.25) is 0 Å². The number of aromatic carboxylic acids is 1. The Labute approximate surface area is 114 Å². The maximum atomic E-state index is 11.8. The van der Waals surface area contributed by atoms with Crippen LogP contribution in [-0.2, 0) is 0 Å². The second kappa shape index (κ2) is 5.31. The van der Waals surface area contributed by atoms with Crippen LogP contribution >= 0.6 is 0 Å². The molecule has 2 aromatic rings. The molecule has 0 aliphatic carbocycles. The molecule has 6 heteroatoms. The molecule has 0 unspecified atom stereocenters. The van der Waals surface area contributed by atoms with Crippen molar-refractivity contribution in [2.24, 2.45) is 0 Å². The standard InChI is InChI=1S/C14H11NO5/c15-10-5-9(13(17)18)6-12(7-10)20-14(19)8-1-3-11(16)4-2-8/h1-7,16H,15H2,(H,17,18). The van der Waals surface area contributed by atoms with Gasteiger partial charge in [0.05, 0.1) is 11.1 Å². The first-order valence-corrected chi connectivity index (χ1v) is 5.61. The van der Waals surface area contributed by atoms with Crippen molar-refractivity contribution in [1.29, 1.82) is 0 Å². The minimum Gasteiger partial charge on any atom is -0.508 e. The Kier molecular flexibility index (Phi) is 3.56. The van der Waals surface area contributed by atoms with E-state index in [-0.39, 0.29) is 28.3 Å². The number of phenolic OH excluding ortho intramolecular Hbond substituents is 1. The normalized spacial score (nSPS) is 10.0. The Morgan fingerprint density at radius 3 is 2.25 bits per heavy atom.